The molecule has 0 aliphatic carbocycles. The summed E-state index contributed by atoms with van der Waals surface area (Å²) in [6.45, 7) is 0. The molecule has 102 valence electrons. The Kier molecular flexibility index (Phi) is 2.82. The van der Waals surface area contributed by atoms with Crippen LogP contribution in [0, 0.1) is 0 Å². The molecule has 0 fully saturated rings. The molecule has 21 heavy (non-hydrogen) atoms. The van der Waals surface area contributed by atoms with E-state index >= 15 is 0 Å². The van der Waals surface area contributed by atoms with Crippen molar-refractivity contribution >= 4 is 33.1 Å². The van der Waals surface area contributed by atoms with E-state index in [1.54, 1.807) is 17.5 Å². The number of aromatic amines is 1. The standard InChI is InChI=1S/C14H10N6S/c1-4-13(15-6-9(1)14-16-7-18-20-14)19-10-2-3-11-12(5-10)21-8-17-11/h1-8H,(H,15,19)(H,16,18,20). The Hall–Kier alpha value is -2.80. The lowest BCUT2D eigenvalue weighted by Crippen LogP contribution is -1.93. The maximum absolute atomic E-state index is 4.39. The molecule has 4 rings (SSSR count). The average molecular weight is 294 g/mol. The zero-order chi connectivity index (χ0) is 14.1. The molecule has 2 N–H and O–H groups in total. The van der Waals surface area contributed by atoms with E-state index in [4.69, 9.17) is 0 Å². The van der Waals surface area contributed by atoms with Crippen molar-refractivity contribution in [2.24, 2.45) is 0 Å². The van der Waals surface area contributed by atoms with E-state index in [2.05, 4.69) is 36.5 Å². The Morgan fingerprint density at radius 2 is 2.05 bits per heavy atom. The number of fused-ring (bicyclic) bond motifs is 1. The van der Waals surface area contributed by atoms with Crippen LogP contribution in [0.15, 0.2) is 48.4 Å². The number of benzene rings is 1. The minimum absolute atomic E-state index is 0.708. The maximum atomic E-state index is 4.39. The third-order valence-corrected chi connectivity index (χ3v) is 3.85. The number of anilines is 2. The lowest BCUT2D eigenvalue weighted by molar-refractivity contribution is 1.09. The highest BCUT2D eigenvalue weighted by Crippen LogP contribution is 2.24. The molecule has 0 saturated heterocycles. The van der Waals surface area contributed by atoms with Gasteiger partial charge in [-0.25, -0.2) is 15.0 Å². The number of hydrogen-bond acceptors (Lipinski definition) is 6. The third kappa shape index (κ3) is 2.34. The molecular weight excluding hydrogens is 284 g/mol. The van der Waals surface area contributed by atoms with Gasteiger partial charge in [-0.3, -0.25) is 5.10 Å². The van der Waals surface area contributed by atoms with Crippen LogP contribution in [0.3, 0.4) is 0 Å². The fraction of sp³-hybridized carbons (Fsp3) is 0. The van der Waals surface area contributed by atoms with Gasteiger partial charge in [0.05, 0.1) is 15.7 Å². The van der Waals surface area contributed by atoms with Gasteiger partial charge in [0.25, 0.3) is 0 Å². The Labute approximate surface area is 123 Å². The molecule has 0 unspecified atom stereocenters. The van der Waals surface area contributed by atoms with Crippen LogP contribution in [0.2, 0.25) is 0 Å². The summed E-state index contributed by atoms with van der Waals surface area (Å²) >= 11 is 1.62. The van der Waals surface area contributed by atoms with Crippen molar-refractivity contribution in [1.29, 1.82) is 0 Å². The topological polar surface area (TPSA) is 79.4 Å². The predicted molar refractivity (Wildman–Crippen MR) is 82.5 cm³/mol. The van der Waals surface area contributed by atoms with Crippen molar-refractivity contribution in [2.45, 2.75) is 0 Å². The maximum Gasteiger partial charge on any atom is 0.156 e. The molecule has 3 heterocycles. The first-order valence-corrected chi connectivity index (χ1v) is 7.18. The molecule has 1 aromatic carbocycles. The second-order valence-corrected chi connectivity index (χ2v) is 5.31. The molecule has 0 bridgehead atoms. The zero-order valence-corrected chi connectivity index (χ0v) is 11.6. The SMILES string of the molecule is c1n[nH]c(-c2ccc(Nc3ccc4ncsc4c3)nc2)n1. The molecule has 7 heteroatoms. The quantitative estimate of drug-likeness (QED) is 0.606. The Morgan fingerprint density at radius 3 is 2.86 bits per heavy atom. The highest BCUT2D eigenvalue weighted by molar-refractivity contribution is 7.16. The molecule has 3 aromatic heterocycles. The van der Waals surface area contributed by atoms with Crippen LogP contribution in [0.5, 0.6) is 0 Å². The van der Waals surface area contributed by atoms with E-state index in [0.717, 1.165) is 27.3 Å². The second kappa shape index (κ2) is 4.95. The van der Waals surface area contributed by atoms with Crippen LogP contribution >= 0.6 is 11.3 Å². The van der Waals surface area contributed by atoms with Gasteiger partial charge >= 0.3 is 0 Å². The van der Waals surface area contributed by atoms with Crippen LogP contribution in [-0.2, 0) is 0 Å². The highest BCUT2D eigenvalue weighted by Gasteiger charge is 2.03. The van der Waals surface area contributed by atoms with Gasteiger partial charge in [0.15, 0.2) is 5.82 Å². The summed E-state index contributed by atoms with van der Waals surface area (Å²) in [4.78, 5) is 12.7. The molecule has 0 spiro atoms. The highest BCUT2D eigenvalue weighted by atomic mass is 32.1. The van der Waals surface area contributed by atoms with Crippen LogP contribution in [-0.4, -0.2) is 25.1 Å². The van der Waals surface area contributed by atoms with E-state index in [1.807, 2.05) is 29.8 Å². The predicted octanol–water partition coefficient (Wildman–Crippen LogP) is 3.22. The number of nitrogens with one attached hydrogen (secondary N) is 2. The van der Waals surface area contributed by atoms with E-state index in [1.165, 1.54) is 6.33 Å². The number of thiazole rings is 1. The van der Waals surface area contributed by atoms with Crippen LogP contribution in [0.25, 0.3) is 21.6 Å². The average Bonchev–Trinajstić information content (AvgIpc) is 3.19. The van der Waals surface area contributed by atoms with Gasteiger partial charge in [-0.1, -0.05) is 0 Å². The molecule has 0 amide bonds. The van der Waals surface area contributed by atoms with Gasteiger partial charge < -0.3 is 5.32 Å². The minimum Gasteiger partial charge on any atom is -0.340 e. The number of nitrogens with zero attached hydrogens (tertiary/aromatic N) is 4. The van der Waals surface area contributed by atoms with Crippen molar-refractivity contribution in [3.05, 3.63) is 48.4 Å². The third-order valence-electron chi connectivity index (χ3n) is 3.06. The molecule has 0 saturated carbocycles. The first-order valence-electron chi connectivity index (χ1n) is 6.30. The number of aromatic nitrogens is 5. The normalized spacial score (nSPS) is 10.9. The van der Waals surface area contributed by atoms with Crippen molar-refractivity contribution in [3.8, 4) is 11.4 Å². The molecule has 6 nitrogen and oxygen atoms in total. The Bertz CT molecular complexity index is 866. The number of rotatable bonds is 3. The van der Waals surface area contributed by atoms with Gasteiger partial charge in [-0.05, 0) is 30.3 Å². The van der Waals surface area contributed by atoms with Gasteiger partial charge in [0.2, 0.25) is 0 Å². The summed E-state index contributed by atoms with van der Waals surface area (Å²) in [5.74, 6) is 1.49. The summed E-state index contributed by atoms with van der Waals surface area (Å²) in [5, 5.41) is 9.92. The first kappa shape index (κ1) is 12.0. The van der Waals surface area contributed by atoms with Gasteiger partial charge in [-0.2, -0.15) is 5.10 Å². The van der Waals surface area contributed by atoms with E-state index < -0.39 is 0 Å². The summed E-state index contributed by atoms with van der Waals surface area (Å²) in [6.07, 6.45) is 3.24. The van der Waals surface area contributed by atoms with Crippen molar-refractivity contribution in [2.75, 3.05) is 5.32 Å². The summed E-state index contributed by atoms with van der Waals surface area (Å²) < 4.78 is 1.15. The van der Waals surface area contributed by atoms with E-state index in [0.29, 0.717) is 5.82 Å². The van der Waals surface area contributed by atoms with E-state index in [9.17, 15) is 0 Å². The largest absolute Gasteiger partial charge is 0.340 e. The van der Waals surface area contributed by atoms with Crippen LogP contribution < -0.4 is 5.32 Å². The van der Waals surface area contributed by atoms with Crippen LogP contribution in [0.4, 0.5) is 11.5 Å². The Balaban J connectivity index is 1.59. The zero-order valence-electron chi connectivity index (χ0n) is 10.8. The number of pyridine rings is 1. The summed E-state index contributed by atoms with van der Waals surface area (Å²) in [7, 11) is 0. The second-order valence-electron chi connectivity index (χ2n) is 4.43. The van der Waals surface area contributed by atoms with Gasteiger partial charge in [0.1, 0.15) is 12.1 Å². The lowest BCUT2D eigenvalue weighted by Gasteiger charge is -2.05. The molecule has 0 aliphatic heterocycles. The van der Waals surface area contributed by atoms with Crippen molar-refractivity contribution in [1.82, 2.24) is 25.1 Å². The lowest BCUT2D eigenvalue weighted by atomic mass is 10.2. The molecule has 0 aliphatic rings. The minimum atomic E-state index is 0.708. The molecular formula is C14H10N6S. The first-order chi connectivity index (χ1) is 10.4. The van der Waals surface area contributed by atoms with Crippen molar-refractivity contribution < 1.29 is 0 Å². The van der Waals surface area contributed by atoms with E-state index in [-0.39, 0.29) is 0 Å². The molecule has 0 atom stereocenters. The van der Waals surface area contributed by atoms with Gasteiger partial charge in [0, 0.05) is 17.4 Å². The van der Waals surface area contributed by atoms with Gasteiger partial charge in [-0.15, -0.1) is 11.3 Å². The Morgan fingerprint density at radius 1 is 1.05 bits per heavy atom. The fourth-order valence-corrected chi connectivity index (χ4v) is 2.75. The summed E-state index contributed by atoms with van der Waals surface area (Å²) in [6, 6.07) is 9.92. The smallest absolute Gasteiger partial charge is 0.156 e. The molecule has 0 radical (unpaired) electrons. The number of hydrogen-bond donors (Lipinski definition) is 2. The van der Waals surface area contributed by atoms with Crippen LogP contribution in [0.1, 0.15) is 0 Å². The fourth-order valence-electron chi connectivity index (χ4n) is 2.03. The summed E-state index contributed by atoms with van der Waals surface area (Å²) in [5.41, 5.74) is 4.75. The molecule has 4 aromatic rings. The van der Waals surface area contributed by atoms with Crippen molar-refractivity contribution in [3.63, 3.8) is 0 Å². The number of H-pyrrole nitrogens is 1. The monoisotopic (exact) mass is 294 g/mol.